The van der Waals surface area contributed by atoms with Gasteiger partial charge in [-0.25, -0.2) is 0 Å². The molecule has 0 radical (unpaired) electrons. The highest BCUT2D eigenvalue weighted by molar-refractivity contribution is 5.64. The van der Waals surface area contributed by atoms with Gasteiger partial charge in [-0.1, -0.05) is 37.2 Å². The van der Waals surface area contributed by atoms with Crippen LogP contribution in [0.15, 0.2) is 35.0 Å². The standard InChI is InChI=1S/C17H20N6O/c1-4-12-7-6-8-13(5-2)16(12)21-17-20-15(10-18-22-17)19-14-9-11(3)24-23-14/h6-10H,4-5H2,1-3H3,(H2,19,20,21,22,23). The highest BCUT2D eigenvalue weighted by Crippen LogP contribution is 2.25. The number of benzene rings is 1. The van der Waals surface area contributed by atoms with Crippen LogP contribution in [0.5, 0.6) is 0 Å². The van der Waals surface area contributed by atoms with Crippen LogP contribution in [0.4, 0.5) is 23.3 Å². The number of rotatable bonds is 6. The molecule has 0 spiro atoms. The van der Waals surface area contributed by atoms with Crippen molar-refractivity contribution in [2.24, 2.45) is 0 Å². The van der Waals surface area contributed by atoms with Gasteiger partial charge in [-0.3, -0.25) is 0 Å². The zero-order chi connectivity index (χ0) is 16.9. The number of nitrogens with one attached hydrogen (secondary N) is 2. The van der Waals surface area contributed by atoms with Gasteiger partial charge < -0.3 is 15.2 Å². The largest absolute Gasteiger partial charge is 0.360 e. The Morgan fingerprint density at radius 1 is 1.04 bits per heavy atom. The third kappa shape index (κ3) is 3.51. The van der Waals surface area contributed by atoms with Gasteiger partial charge in [0.05, 0.1) is 6.20 Å². The van der Waals surface area contributed by atoms with Crippen molar-refractivity contribution in [1.29, 1.82) is 0 Å². The predicted molar refractivity (Wildman–Crippen MR) is 92.8 cm³/mol. The van der Waals surface area contributed by atoms with E-state index in [9.17, 15) is 0 Å². The second-order valence-electron chi connectivity index (χ2n) is 5.40. The van der Waals surface area contributed by atoms with E-state index < -0.39 is 0 Å². The molecule has 0 amide bonds. The molecule has 0 bridgehead atoms. The Morgan fingerprint density at radius 2 is 1.79 bits per heavy atom. The fourth-order valence-corrected chi connectivity index (χ4v) is 2.49. The maximum Gasteiger partial charge on any atom is 0.249 e. The van der Waals surface area contributed by atoms with Gasteiger partial charge in [-0.15, -0.1) is 5.10 Å². The van der Waals surface area contributed by atoms with Crippen molar-refractivity contribution in [2.75, 3.05) is 10.6 Å². The number of aromatic nitrogens is 4. The second kappa shape index (κ2) is 7.08. The van der Waals surface area contributed by atoms with E-state index in [4.69, 9.17) is 4.52 Å². The lowest BCUT2D eigenvalue weighted by Gasteiger charge is -2.14. The monoisotopic (exact) mass is 324 g/mol. The van der Waals surface area contributed by atoms with Crippen LogP contribution in [0.1, 0.15) is 30.7 Å². The first-order valence-electron chi connectivity index (χ1n) is 7.97. The molecule has 3 aromatic rings. The van der Waals surface area contributed by atoms with Crippen molar-refractivity contribution in [3.8, 4) is 0 Å². The summed E-state index contributed by atoms with van der Waals surface area (Å²) in [6.45, 7) is 6.09. The van der Waals surface area contributed by atoms with Crippen molar-refractivity contribution in [2.45, 2.75) is 33.6 Å². The zero-order valence-electron chi connectivity index (χ0n) is 14.0. The summed E-state index contributed by atoms with van der Waals surface area (Å²) in [5, 5.41) is 18.3. The van der Waals surface area contributed by atoms with Crippen molar-refractivity contribution >= 4 is 23.3 Å². The molecule has 7 nitrogen and oxygen atoms in total. The fraction of sp³-hybridized carbons (Fsp3) is 0.294. The molecule has 124 valence electrons. The molecule has 3 rings (SSSR count). The summed E-state index contributed by atoms with van der Waals surface area (Å²) in [4.78, 5) is 4.45. The Kier molecular flexibility index (Phi) is 4.69. The molecule has 0 aliphatic carbocycles. The SMILES string of the molecule is CCc1cccc(CC)c1Nc1nncc(Nc2cc(C)on2)n1. The fourth-order valence-electron chi connectivity index (χ4n) is 2.49. The van der Waals surface area contributed by atoms with E-state index in [1.54, 1.807) is 12.3 Å². The van der Waals surface area contributed by atoms with Crippen molar-refractivity contribution in [3.05, 3.63) is 47.3 Å². The Balaban J connectivity index is 1.85. The van der Waals surface area contributed by atoms with E-state index in [2.05, 4.69) is 63.0 Å². The second-order valence-corrected chi connectivity index (χ2v) is 5.40. The minimum Gasteiger partial charge on any atom is -0.360 e. The molecule has 0 unspecified atom stereocenters. The lowest BCUT2D eigenvalue weighted by Crippen LogP contribution is -2.06. The Morgan fingerprint density at radius 3 is 2.42 bits per heavy atom. The molecule has 0 aliphatic heterocycles. The molecule has 0 fully saturated rings. The summed E-state index contributed by atoms with van der Waals surface area (Å²) >= 11 is 0. The van der Waals surface area contributed by atoms with Gasteiger partial charge >= 0.3 is 0 Å². The first kappa shape index (κ1) is 15.9. The minimum atomic E-state index is 0.441. The molecule has 2 aromatic heterocycles. The Bertz CT molecular complexity index is 807. The van der Waals surface area contributed by atoms with Gasteiger partial charge in [0, 0.05) is 11.8 Å². The molecule has 0 saturated carbocycles. The third-order valence-electron chi connectivity index (χ3n) is 3.68. The van der Waals surface area contributed by atoms with E-state index in [1.807, 2.05) is 6.92 Å². The predicted octanol–water partition coefficient (Wildman–Crippen LogP) is 3.78. The molecule has 24 heavy (non-hydrogen) atoms. The maximum absolute atomic E-state index is 5.03. The number of hydrogen-bond donors (Lipinski definition) is 2. The molecule has 0 aliphatic rings. The summed E-state index contributed by atoms with van der Waals surface area (Å²) < 4.78 is 5.03. The topological polar surface area (TPSA) is 88.8 Å². The van der Waals surface area contributed by atoms with Crippen molar-refractivity contribution < 1.29 is 4.52 Å². The summed E-state index contributed by atoms with van der Waals surface area (Å²) in [6.07, 6.45) is 3.40. The summed E-state index contributed by atoms with van der Waals surface area (Å²) in [5.74, 6) is 2.30. The summed E-state index contributed by atoms with van der Waals surface area (Å²) in [5.41, 5.74) is 3.51. The van der Waals surface area contributed by atoms with Gasteiger partial charge in [0.2, 0.25) is 5.95 Å². The molecule has 2 N–H and O–H groups in total. The van der Waals surface area contributed by atoms with Gasteiger partial charge in [0.15, 0.2) is 11.6 Å². The molecular weight excluding hydrogens is 304 g/mol. The van der Waals surface area contributed by atoms with Gasteiger partial charge in [0.1, 0.15) is 5.76 Å². The zero-order valence-corrected chi connectivity index (χ0v) is 14.0. The van der Waals surface area contributed by atoms with E-state index in [-0.39, 0.29) is 0 Å². The highest BCUT2D eigenvalue weighted by atomic mass is 16.5. The number of anilines is 4. The molecule has 0 atom stereocenters. The smallest absolute Gasteiger partial charge is 0.249 e. The van der Waals surface area contributed by atoms with Crippen LogP contribution < -0.4 is 10.6 Å². The molecule has 7 heteroatoms. The van der Waals surface area contributed by atoms with E-state index in [0.29, 0.717) is 17.6 Å². The number of aryl methyl sites for hydroxylation is 3. The molecule has 1 aromatic carbocycles. The lowest BCUT2D eigenvalue weighted by atomic mass is 10.0. The van der Waals surface area contributed by atoms with E-state index in [1.165, 1.54) is 11.1 Å². The maximum atomic E-state index is 5.03. The Labute approximate surface area is 140 Å². The van der Waals surface area contributed by atoms with E-state index >= 15 is 0 Å². The molecule has 2 heterocycles. The van der Waals surface area contributed by atoms with Crippen LogP contribution in [0.3, 0.4) is 0 Å². The van der Waals surface area contributed by atoms with Crippen LogP contribution in [-0.4, -0.2) is 20.3 Å². The summed E-state index contributed by atoms with van der Waals surface area (Å²) in [7, 11) is 0. The summed E-state index contributed by atoms with van der Waals surface area (Å²) in [6, 6.07) is 8.08. The van der Waals surface area contributed by atoms with Crippen LogP contribution >= 0.6 is 0 Å². The van der Waals surface area contributed by atoms with Crippen LogP contribution in [0.25, 0.3) is 0 Å². The average molecular weight is 324 g/mol. The van der Waals surface area contributed by atoms with E-state index in [0.717, 1.165) is 24.3 Å². The van der Waals surface area contributed by atoms with Crippen LogP contribution in [0, 0.1) is 6.92 Å². The minimum absolute atomic E-state index is 0.441. The molecule has 0 saturated heterocycles. The van der Waals surface area contributed by atoms with Gasteiger partial charge in [0.25, 0.3) is 0 Å². The highest BCUT2D eigenvalue weighted by Gasteiger charge is 2.09. The van der Waals surface area contributed by atoms with Gasteiger partial charge in [-0.05, 0) is 30.9 Å². The average Bonchev–Trinajstić information content (AvgIpc) is 3.00. The van der Waals surface area contributed by atoms with Crippen LogP contribution in [-0.2, 0) is 12.8 Å². The number of para-hydroxylation sites is 1. The Hall–Kier alpha value is -2.96. The number of nitrogens with zero attached hydrogens (tertiary/aromatic N) is 4. The lowest BCUT2D eigenvalue weighted by molar-refractivity contribution is 0.400. The van der Waals surface area contributed by atoms with Crippen molar-refractivity contribution in [1.82, 2.24) is 20.3 Å². The molecular formula is C17H20N6O. The normalized spacial score (nSPS) is 10.6. The van der Waals surface area contributed by atoms with Crippen molar-refractivity contribution in [3.63, 3.8) is 0 Å². The van der Waals surface area contributed by atoms with Crippen LogP contribution in [0.2, 0.25) is 0 Å². The first-order chi connectivity index (χ1) is 11.7. The number of hydrogen-bond acceptors (Lipinski definition) is 7. The quantitative estimate of drug-likeness (QED) is 0.713. The first-order valence-corrected chi connectivity index (χ1v) is 7.97. The third-order valence-corrected chi connectivity index (χ3v) is 3.68. The van der Waals surface area contributed by atoms with Gasteiger partial charge in [-0.2, -0.15) is 10.1 Å².